The predicted octanol–water partition coefficient (Wildman–Crippen LogP) is 2.42. The maximum atomic E-state index is 10.8. The molecule has 0 aromatic rings. The first-order valence-corrected chi connectivity index (χ1v) is 6.20. The molecule has 3 nitrogen and oxygen atoms in total. The molecule has 1 aliphatic carbocycles. The Labute approximate surface area is 97.7 Å². The third kappa shape index (κ3) is 3.97. The van der Waals surface area contributed by atoms with E-state index in [2.05, 4.69) is 6.58 Å². The number of rotatable bonds is 6. The first-order chi connectivity index (χ1) is 7.67. The Morgan fingerprint density at radius 3 is 2.50 bits per heavy atom. The van der Waals surface area contributed by atoms with Crippen LogP contribution in [0.3, 0.4) is 0 Å². The van der Waals surface area contributed by atoms with E-state index >= 15 is 0 Å². The third-order valence-electron chi connectivity index (χ3n) is 3.80. The topological polar surface area (TPSA) is 63.3 Å². The van der Waals surface area contributed by atoms with E-state index in [-0.39, 0.29) is 12.3 Å². The molecular weight excluding hydrogens is 202 g/mol. The molecule has 1 unspecified atom stereocenters. The standard InChI is InChI=1S/C13H23NO2/c1-2-3-12(8-13(15)16)11-6-4-10(9-14)5-7-11/h2,10-12H,1,3-9,14H2,(H,15,16). The highest BCUT2D eigenvalue weighted by molar-refractivity contribution is 5.67. The van der Waals surface area contributed by atoms with E-state index in [0.717, 1.165) is 38.6 Å². The van der Waals surface area contributed by atoms with Gasteiger partial charge in [-0.1, -0.05) is 6.08 Å². The number of carboxylic acids is 1. The molecule has 1 rings (SSSR count). The molecule has 0 aromatic carbocycles. The number of carbonyl (C=O) groups is 1. The van der Waals surface area contributed by atoms with E-state index in [1.165, 1.54) is 0 Å². The van der Waals surface area contributed by atoms with Crippen molar-refractivity contribution in [3.63, 3.8) is 0 Å². The van der Waals surface area contributed by atoms with Gasteiger partial charge < -0.3 is 10.8 Å². The van der Waals surface area contributed by atoms with Gasteiger partial charge in [0.25, 0.3) is 0 Å². The molecule has 16 heavy (non-hydrogen) atoms. The largest absolute Gasteiger partial charge is 0.481 e. The highest BCUT2D eigenvalue weighted by Crippen LogP contribution is 2.36. The zero-order valence-electron chi connectivity index (χ0n) is 9.90. The summed E-state index contributed by atoms with van der Waals surface area (Å²) >= 11 is 0. The Bertz CT molecular complexity index is 232. The highest BCUT2D eigenvalue weighted by Gasteiger charge is 2.27. The van der Waals surface area contributed by atoms with Gasteiger partial charge in [0.15, 0.2) is 0 Å². The van der Waals surface area contributed by atoms with Gasteiger partial charge in [0.1, 0.15) is 0 Å². The summed E-state index contributed by atoms with van der Waals surface area (Å²) in [6, 6.07) is 0. The van der Waals surface area contributed by atoms with E-state index in [4.69, 9.17) is 10.8 Å². The minimum atomic E-state index is -0.687. The lowest BCUT2D eigenvalue weighted by molar-refractivity contribution is -0.138. The molecule has 3 heteroatoms. The van der Waals surface area contributed by atoms with Crippen LogP contribution in [0.25, 0.3) is 0 Å². The second-order valence-corrected chi connectivity index (χ2v) is 4.90. The summed E-state index contributed by atoms with van der Waals surface area (Å²) < 4.78 is 0. The maximum Gasteiger partial charge on any atom is 0.303 e. The average Bonchev–Trinajstić information content (AvgIpc) is 2.28. The summed E-state index contributed by atoms with van der Waals surface area (Å²) in [5.74, 6) is 0.795. The fraction of sp³-hybridized carbons (Fsp3) is 0.769. The van der Waals surface area contributed by atoms with Gasteiger partial charge >= 0.3 is 5.97 Å². The molecule has 0 saturated heterocycles. The molecule has 1 aliphatic rings. The van der Waals surface area contributed by atoms with Crippen LogP contribution < -0.4 is 5.73 Å². The van der Waals surface area contributed by atoms with Gasteiger partial charge in [0.2, 0.25) is 0 Å². The van der Waals surface area contributed by atoms with Crippen molar-refractivity contribution in [1.29, 1.82) is 0 Å². The fourth-order valence-corrected chi connectivity index (χ4v) is 2.78. The van der Waals surface area contributed by atoms with Gasteiger partial charge in [-0.15, -0.1) is 6.58 Å². The lowest BCUT2D eigenvalue weighted by Crippen LogP contribution is -2.26. The number of carboxylic acid groups (broad SMARTS) is 1. The van der Waals surface area contributed by atoms with Crippen LogP contribution in [0.1, 0.15) is 38.5 Å². The number of hydrogen-bond donors (Lipinski definition) is 2. The fourth-order valence-electron chi connectivity index (χ4n) is 2.78. The summed E-state index contributed by atoms with van der Waals surface area (Å²) in [5, 5.41) is 8.89. The van der Waals surface area contributed by atoms with E-state index in [9.17, 15) is 4.79 Å². The van der Waals surface area contributed by atoms with Crippen LogP contribution in [0.2, 0.25) is 0 Å². The zero-order chi connectivity index (χ0) is 12.0. The molecule has 3 N–H and O–H groups in total. The lowest BCUT2D eigenvalue weighted by atomic mass is 9.74. The molecule has 0 spiro atoms. The maximum absolute atomic E-state index is 10.8. The van der Waals surface area contributed by atoms with Gasteiger partial charge in [0, 0.05) is 6.42 Å². The molecule has 1 fully saturated rings. The first-order valence-electron chi connectivity index (χ1n) is 6.20. The second kappa shape index (κ2) is 6.69. The quantitative estimate of drug-likeness (QED) is 0.682. The number of hydrogen-bond acceptors (Lipinski definition) is 2. The van der Waals surface area contributed by atoms with Crippen LogP contribution in [0.4, 0.5) is 0 Å². The third-order valence-corrected chi connectivity index (χ3v) is 3.80. The summed E-state index contributed by atoms with van der Waals surface area (Å²) in [6.45, 7) is 4.50. The highest BCUT2D eigenvalue weighted by atomic mass is 16.4. The normalized spacial score (nSPS) is 27.3. The molecular formula is C13H23NO2. The summed E-state index contributed by atoms with van der Waals surface area (Å²) in [7, 11) is 0. The van der Waals surface area contributed by atoms with Gasteiger partial charge in [-0.2, -0.15) is 0 Å². The SMILES string of the molecule is C=CCC(CC(=O)O)C1CCC(CN)CC1. The van der Waals surface area contributed by atoms with Crippen molar-refractivity contribution in [2.24, 2.45) is 23.5 Å². The van der Waals surface area contributed by atoms with Crippen LogP contribution in [0.5, 0.6) is 0 Å². The molecule has 0 aromatic heterocycles. The van der Waals surface area contributed by atoms with Gasteiger partial charge in [-0.3, -0.25) is 4.79 Å². The number of aliphatic carboxylic acids is 1. The second-order valence-electron chi connectivity index (χ2n) is 4.90. The van der Waals surface area contributed by atoms with Crippen molar-refractivity contribution in [3.8, 4) is 0 Å². The van der Waals surface area contributed by atoms with Crippen LogP contribution in [-0.4, -0.2) is 17.6 Å². The Morgan fingerprint density at radius 1 is 1.44 bits per heavy atom. The van der Waals surface area contributed by atoms with Crippen molar-refractivity contribution in [2.45, 2.75) is 38.5 Å². The van der Waals surface area contributed by atoms with Crippen molar-refractivity contribution < 1.29 is 9.90 Å². The lowest BCUT2D eigenvalue weighted by Gasteiger charge is -2.32. The van der Waals surface area contributed by atoms with Crippen LogP contribution in [0, 0.1) is 17.8 Å². The Morgan fingerprint density at radius 2 is 2.06 bits per heavy atom. The Kier molecular flexibility index (Phi) is 5.53. The van der Waals surface area contributed by atoms with E-state index in [1.54, 1.807) is 0 Å². The summed E-state index contributed by atoms with van der Waals surface area (Å²) in [4.78, 5) is 10.8. The average molecular weight is 225 g/mol. The Balaban J connectivity index is 2.45. The number of allylic oxidation sites excluding steroid dienone is 1. The van der Waals surface area contributed by atoms with Crippen LogP contribution in [0.15, 0.2) is 12.7 Å². The molecule has 1 saturated carbocycles. The molecule has 0 bridgehead atoms. The summed E-state index contributed by atoms with van der Waals surface area (Å²) in [6.07, 6.45) is 7.54. The van der Waals surface area contributed by atoms with Crippen molar-refractivity contribution in [3.05, 3.63) is 12.7 Å². The first kappa shape index (κ1) is 13.2. The summed E-state index contributed by atoms with van der Waals surface area (Å²) in [5.41, 5.74) is 5.65. The molecule has 0 amide bonds. The minimum absolute atomic E-state index is 0.272. The van der Waals surface area contributed by atoms with Crippen molar-refractivity contribution in [2.75, 3.05) is 6.54 Å². The molecule has 1 atom stereocenters. The van der Waals surface area contributed by atoms with Gasteiger partial charge in [0.05, 0.1) is 0 Å². The predicted molar refractivity (Wildman–Crippen MR) is 65.1 cm³/mol. The molecule has 0 heterocycles. The van der Waals surface area contributed by atoms with E-state index in [1.807, 2.05) is 6.08 Å². The molecule has 0 aliphatic heterocycles. The number of nitrogens with two attached hydrogens (primary N) is 1. The zero-order valence-corrected chi connectivity index (χ0v) is 9.90. The van der Waals surface area contributed by atoms with Crippen molar-refractivity contribution >= 4 is 5.97 Å². The van der Waals surface area contributed by atoms with E-state index in [0.29, 0.717) is 11.8 Å². The smallest absolute Gasteiger partial charge is 0.303 e. The van der Waals surface area contributed by atoms with Gasteiger partial charge in [-0.25, -0.2) is 0 Å². The van der Waals surface area contributed by atoms with Crippen LogP contribution in [-0.2, 0) is 4.79 Å². The molecule has 92 valence electrons. The molecule has 0 radical (unpaired) electrons. The van der Waals surface area contributed by atoms with Crippen LogP contribution >= 0.6 is 0 Å². The van der Waals surface area contributed by atoms with Crippen molar-refractivity contribution in [1.82, 2.24) is 0 Å². The van der Waals surface area contributed by atoms with Gasteiger partial charge in [-0.05, 0) is 56.4 Å². The monoisotopic (exact) mass is 225 g/mol. The minimum Gasteiger partial charge on any atom is -0.481 e. The Hall–Kier alpha value is -0.830. The van der Waals surface area contributed by atoms with E-state index < -0.39 is 5.97 Å².